The lowest BCUT2D eigenvalue weighted by Gasteiger charge is -2.50. The number of allylic oxidation sites excluding steroid dienone is 2. The van der Waals surface area contributed by atoms with Crippen molar-refractivity contribution in [2.24, 2.45) is 17.3 Å². The molecule has 6 rings (SSSR count). The third-order valence-corrected chi connectivity index (χ3v) is 8.22. The van der Waals surface area contributed by atoms with Crippen molar-refractivity contribution in [3.63, 3.8) is 0 Å². The summed E-state index contributed by atoms with van der Waals surface area (Å²) in [5, 5.41) is 9.91. The number of hydrogen-bond donors (Lipinski definition) is 1. The molecular weight excluding hydrogens is 372 g/mol. The van der Waals surface area contributed by atoms with Crippen LogP contribution in [0.4, 0.5) is 0 Å². The minimum atomic E-state index is -0.0185. The van der Waals surface area contributed by atoms with Gasteiger partial charge in [0.05, 0.1) is 11.0 Å². The molecule has 1 fully saturated rings. The Kier molecular flexibility index (Phi) is 3.77. The first-order valence-corrected chi connectivity index (χ1v) is 11.0. The van der Waals surface area contributed by atoms with Crippen LogP contribution in [0.2, 0.25) is 0 Å². The first kappa shape index (κ1) is 17.9. The maximum atomic E-state index is 12.2. The number of imidazole rings is 1. The van der Waals surface area contributed by atoms with Crippen molar-refractivity contribution in [2.45, 2.75) is 44.9 Å². The lowest BCUT2D eigenvalue weighted by atomic mass is 9.55. The van der Waals surface area contributed by atoms with Crippen molar-refractivity contribution in [2.75, 3.05) is 0 Å². The quantitative estimate of drug-likeness (QED) is 0.595. The molecular formula is C26H26N2O2. The molecule has 4 heteroatoms. The number of aldehydes is 1. The van der Waals surface area contributed by atoms with E-state index in [1.807, 2.05) is 36.7 Å². The molecule has 0 spiro atoms. The first-order chi connectivity index (χ1) is 14.6. The summed E-state index contributed by atoms with van der Waals surface area (Å²) in [6.45, 7) is 2.38. The summed E-state index contributed by atoms with van der Waals surface area (Å²) in [6.07, 6.45) is 8.19. The second kappa shape index (κ2) is 6.31. The van der Waals surface area contributed by atoms with E-state index in [4.69, 9.17) is 0 Å². The Morgan fingerprint density at radius 3 is 2.93 bits per heavy atom. The molecule has 152 valence electrons. The standard InChI is InChI=1S/C26H26N2O2/c1-26-11-10-20-19-9-7-18(30)12-16(19)6-8-21(20)22(26)13-17(14-29)25(26)28-15-27-23-4-2-3-5-24(23)28/h2-5,7,9,12,14-15,20-22,30H,6,8,10-11,13H2,1H3. The van der Waals surface area contributed by atoms with E-state index in [0.29, 0.717) is 23.5 Å². The van der Waals surface area contributed by atoms with Crippen LogP contribution < -0.4 is 0 Å². The highest BCUT2D eigenvalue weighted by molar-refractivity contribution is 5.90. The van der Waals surface area contributed by atoms with Gasteiger partial charge in [-0.15, -0.1) is 0 Å². The molecule has 1 heterocycles. The Hall–Kier alpha value is -2.88. The van der Waals surface area contributed by atoms with Gasteiger partial charge < -0.3 is 9.67 Å². The summed E-state index contributed by atoms with van der Waals surface area (Å²) in [7, 11) is 0. The molecule has 3 aromatic rings. The maximum absolute atomic E-state index is 12.2. The molecule has 1 saturated carbocycles. The predicted molar refractivity (Wildman–Crippen MR) is 117 cm³/mol. The summed E-state index contributed by atoms with van der Waals surface area (Å²) >= 11 is 0. The van der Waals surface area contributed by atoms with Crippen molar-refractivity contribution in [1.29, 1.82) is 0 Å². The Bertz CT molecular complexity index is 1210. The highest BCUT2D eigenvalue weighted by atomic mass is 16.3. The molecule has 4 unspecified atom stereocenters. The van der Waals surface area contributed by atoms with Gasteiger partial charge in [-0.05, 0) is 85.3 Å². The van der Waals surface area contributed by atoms with E-state index < -0.39 is 0 Å². The van der Waals surface area contributed by atoms with Crippen molar-refractivity contribution in [3.05, 3.63) is 65.5 Å². The van der Waals surface area contributed by atoms with E-state index in [1.165, 1.54) is 16.8 Å². The van der Waals surface area contributed by atoms with Crippen molar-refractivity contribution >= 4 is 23.0 Å². The summed E-state index contributed by atoms with van der Waals surface area (Å²) in [5.41, 5.74) is 6.88. The molecule has 0 radical (unpaired) electrons. The second-order valence-electron chi connectivity index (χ2n) is 9.55. The fourth-order valence-electron chi connectivity index (χ4n) is 6.93. The van der Waals surface area contributed by atoms with Crippen LogP contribution >= 0.6 is 0 Å². The van der Waals surface area contributed by atoms with E-state index in [9.17, 15) is 9.90 Å². The van der Waals surface area contributed by atoms with E-state index in [0.717, 1.165) is 55.0 Å². The number of benzene rings is 2. The molecule has 0 bridgehead atoms. The Balaban J connectivity index is 1.44. The number of hydrogen-bond acceptors (Lipinski definition) is 3. The monoisotopic (exact) mass is 398 g/mol. The number of carbonyl (C=O) groups excluding carboxylic acids is 1. The fourth-order valence-corrected chi connectivity index (χ4v) is 6.93. The molecule has 0 aliphatic heterocycles. The largest absolute Gasteiger partial charge is 0.508 e. The number of nitrogens with zero attached hydrogens (tertiary/aromatic N) is 2. The summed E-state index contributed by atoms with van der Waals surface area (Å²) in [6, 6.07) is 14.1. The molecule has 0 saturated heterocycles. The van der Waals surface area contributed by atoms with Gasteiger partial charge in [-0.1, -0.05) is 25.1 Å². The maximum Gasteiger partial charge on any atom is 0.147 e. The average Bonchev–Trinajstić information content (AvgIpc) is 3.30. The molecule has 0 amide bonds. The lowest BCUT2D eigenvalue weighted by molar-refractivity contribution is -0.105. The van der Waals surface area contributed by atoms with Crippen LogP contribution in [0.1, 0.15) is 49.7 Å². The average molecular weight is 399 g/mol. The molecule has 3 aliphatic rings. The van der Waals surface area contributed by atoms with Crippen LogP contribution in [0, 0.1) is 17.3 Å². The van der Waals surface area contributed by atoms with E-state index in [1.54, 1.807) is 0 Å². The zero-order chi connectivity index (χ0) is 20.5. The highest BCUT2D eigenvalue weighted by Gasteiger charge is 2.54. The normalized spacial score (nSPS) is 30.1. The van der Waals surface area contributed by atoms with Gasteiger partial charge >= 0.3 is 0 Å². The van der Waals surface area contributed by atoms with Crippen LogP contribution in [0.5, 0.6) is 5.75 Å². The number of para-hydroxylation sites is 2. The lowest BCUT2D eigenvalue weighted by Crippen LogP contribution is -2.41. The molecule has 1 aromatic heterocycles. The van der Waals surface area contributed by atoms with Gasteiger partial charge in [0, 0.05) is 16.7 Å². The number of aromatic hydroxyl groups is 1. The Morgan fingerprint density at radius 2 is 2.07 bits per heavy atom. The number of phenolic OH excluding ortho intramolecular Hbond substituents is 1. The summed E-state index contributed by atoms with van der Waals surface area (Å²) in [4.78, 5) is 16.8. The van der Waals surface area contributed by atoms with Crippen LogP contribution in [0.25, 0.3) is 16.7 Å². The molecule has 2 aromatic carbocycles. The third kappa shape index (κ3) is 2.33. The first-order valence-electron chi connectivity index (χ1n) is 11.0. The number of carbonyl (C=O) groups is 1. The van der Waals surface area contributed by atoms with E-state index in [2.05, 4.69) is 28.6 Å². The zero-order valence-corrected chi connectivity index (χ0v) is 17.2. The predicted octanol–water partition coefficient (Wildman–Crippen LogP) is 5.32. The topological polar surface area (TPSA) is 55.1 Å². The molecule has 1 N–H and O–H groups in total. The van der Waals surface area contributed by atoms with Crippen molar-refractivity contribution in [1.82, 2.24) is 9.55 Å². The van der Waals surface area contributed by atoms with Crippen LogP contribution in [-0.2, 0) is 11.2 Å². The van der Waals surface area contributed by atoms with Gasteiger partial charge in [0.1, 0.15) is 18.4 Å². The van der Waals surface area contributed by atoms with Gasteiger partial charge in [-0.3, -0.25) is 4.79 Å². The van der Waals surface area contributed by atoms with Gasteiger partial charge in [-0.25, -0.2) is 4.98 Å². The highest BCUT2D eigenvalue weighted by Crippen LogP contribution is 2.63. The summed E-state index contributed by atoms with van der Waals surface area (Å²) in [5.74, 6) is 1.93. The second-order valence-corrected chi connectivity index (χ2v) is 9.55. The van der Waals surface area contributed by atoms with Gasteiger partial charge in [0.15, 0.2) is 0 Å². The molecule has 30 heavy (non-hydrogen) atoms. The van der Waals surface area contributed by atoms with Crippen molar-refractivity contribution in [3.8, 4) is 5.75 Å². The van der Waals surface area contributed by atoms with Crippen LogP contribution in [0.3, 0.4) is 0 Å². The van der Waals surface area contributed by atoms with Gasteiger partial charge in [-0.2, -0.15) is 0 Å². The number of aryl methyl sites for hydroxylation is 1. The minimum absolute atomic E-state index is 0.0185. The van der Waals surface area contributed by atoms with Crippen molar-refractivity contribution < 1.29 is 9.90 Å². The third-order valence-electron chi connectivity index (χ3n) is 8.22. The Labute approximate surface area is 176 Å². The number of rotatable bonds is 2. The molecule has 3 aliphatic carbocycles. The summed E-state index contributed by atoms with van der Waals surface area (Å²) < 4.78 is 2.19. The van der Waals surface area contributed by atoms with Crippen LogP contribution in [0.15, 0.2) is 54.4 Å². The Morgan fingerprint density at radius 1 is 1.20 bits per heavy atom. The SMILES string of the molecule is CC12CCC3c4ccc(O)cc4CCC3C1CC(C=O)=C2n1cnc2ccccc21. The minimum Gasteiger partial charge on any atom is -0.508 e. The molecule has 4 atom stereocenters. The number of aromatic nitrogens is 2. The smallest absolute Gasteiger partial charge is 0.147 e. The zero-order valence-electron chi connectivity index (χ0n) is 17.2. The van der Waals surface area contributed by atoms with E-state index in [-0.39, 0.29) is 5.41 Å². The van der Waals surface area contributed by atoms with Gasteiger partial charge in [0.2, 0.25) is 0 Å². The van der Waals surface area contributed by atoms with Gasteiger partial charge in [0.25, 0.3) is 0 Å². The fraction of sp³-hybridized carbons (Fsp3) is 0.385. The van der Waals surface area contributed by atoms with Crippen LogP contribution in [-0.4, -0.2) is 20.9 Å². The number of fused-ring (bicyclic) bond motifs is 6. The van der Waals surface area contributed by atoms with E-state index >= 15 is 0 Å². The molecule has 4 nitrogen and oxygen atoms in total. The number of phenols is 1.